The van der Waals surface area contributed by atoms with Crippen molar-refractivity contribution >= 4 is 40.5 Å². The number of alkyl halides is 2. The Morgan fingerprint density at radius 2 is 1.61 bits per heavy atom. The van der Waals surface area contributed by atoms with Crippen molar-refractivity contribution in [1.29, 1.82) is 0 Å². The van der Waals surface area contributed by atoms with E-state index in [-0.39, 0.29) is 37.3 Å². The van der Waals surface area contributed by atoms with E-state index in [1.165, 1.54) is 25.6 Å². The smallest absolute Gasteiger partial charge is 0.310 e. The van der Waals surface area contributed by atoms with Crippen molar-refractivity contribution in [3.05, 3.63) is 63.3 Å². The third kappa shape index (κ3) is 7.55. The highest BCUT2D eigenvalue weighted by Crippen LogP contribution is 2.57. The van der Waals surface area contributed by atoms with Crippen molar-refractivity contribution in [3.63, 3.8) is 0 Å². The molecular weight excluding hydrogens is 769 g/mol. The molecule has 294 valence electrons. The number of carbonyl (C=O) groups excluding carboxylic acids is 1. The van der Waals surface area contributed by atoms with Gasteiger partial charge in [0, 0.05) is 36.7 Å². The number of methoxy groups -OCH3 is 2. The topological polar surface area (TPSA) is 164 Å². The van der Waals surface area contributed by atoms with Crippen LogP contribution in [0.1, 0.15) is 39.9 Å². The maximum absolute atomic E-state index is 13.5. The van der Waals surface area contributed by atoms with E-state index in [1.807, 2.05) is 30.6 Å². The molecule has 2 aromatic carbocycles. The standard InChI is InChI=1S/C32H32O13S.C5H11Cl2N/c1-37-19-6-13(7-20(38-2)25(19)33)23-14-8-17-18(42-12-41-17)9-15(14)28(16-10-39-30(36)24(16)23)44-32-27(35)26(34)29-21(43-32)11-40-31(45-29)22-4-3-5-46-22;1-8(4-2-6)5-3-7/h3-9,16,21,23-24,26-29,31-35H,10-12H2,1-2H3;2-5H2,1H3/t16?,21-,23-,24+,26-,27-,28?,29-,31?,32+;/m1./s1. The lowest BCUT2D eigenvalue weighted by Gasteiger charge is -2.48. The number of thiophene rings is 1. The van der Waals surface area contributed by atoms with Gasteiger partial charge in [0.05, 0.1) is 44.3 Å². The van der Waals surface area contributed by atoms with Gasteiger partial charge < -0.3 is 62.9 Å². The van der Waals surface area contributed by atoms with Crippen LogP contribution in [0, 0.1) is 11.8 Å². The zero-order chi connectivity index (χ0) is 38.1. The zero-order valence-corrected chi connectivity index (χ0v) is 32.1. The fourth-order valence-corrected chi connectivity index (χ4v) is 8.87. The summed E-state index contributed by atoms with van der Waals surface area (Å²) in [5, 5.41) is 35.0. The first-order valence-corrected chi connectivity index (χ1v) is 19.4. The Morgan fingerprint density at radius 1 is 0.926 bits per heavy atom. The molecular formula is C37H43Cl2NO13S. The molecule has 3 fully saturated rings. The van der Waals surface area contributed by atoms with Gasteiger partial charge in [-0.25, -0.2) is 0 Å². The van der Waals surface area contributed by atoms with Crippen LogP contribution in [-0.2, 0) is 28.5 Å². The van der Waals surface area contributed by atoms with E-state index in [4.69, 9.17) is 65.8 Å². The van der Waals surface area contributed by atoms with Crippen molar-refractivity contribution in [3.8, 4) is 28.7 Å². The normalized spacial score (nSPS) is 30.8. The number of aliphatic hydroxyl groups is 2. The van der Waals surface area contributed by atoms with Gasteiger partial charge in [0.2, 0.25) is 12.5 Å². The molecule has 0 spiro atoms. The van der Waals surface area contributed by atoms with Crippen molar-refractivity contribution in [1.82, 2.24) is 4.90 Å². The van der Waals surface area contributed by atoms with Crippen LogP contribution < -0.4 is 18.9 Å². The summed E-state index contributed by atoms with van der Waals surface area (Å²) in [5.74, 6) is 0.291. The SMILES string of the molecule is CN(CCCl)CCCl.COc1cc([C@@H]2c3cc4c(cc3C(O[C@@H]3O[C@@H]5COC(c6cccs6)O[C@H]5[C@H](O)[C@H]3O)C3COC(=O)[C@@H]32)OCO4)cc(OC)c1O. The van der Waals surface area contributed by atoms with Crippen LogP contribution in [0.25, 0.3) is 0 Å². The highest BCUT2D eigenvalue weighted by molar-refractivity contribution is 7.10. The summed E-state index contributed by atoms with van der Waals surface area (Å²) in [5.41, 5.74) is 2.00. The maximum Gasteiger partial charge on any atom is 0.310 e. The molecule has 5 heterocycles. The number of phenols is 1. The van der Waals surface area contributed by atoms with Crippen LogP contribution in [0.2, 0.25) is 0 Å². The van der Waals surface area contributed by atoms with E-state index < -0.39 is 66.8 Å². The number of halogens is 2. The average Bonchev–Trinajstić information content (AvgIpc) is 3.96. The van der Waals surface area contributed by atoms with E-state index in [0.717, 1.165) is 18.0 Å². The van der Waals surface area contributed by atoms with Gasteiger partial charge in [-0.2, -0.15) is 0 Å². The number of hydrogen-bond donors (Lipinski definition) is 3. The fraction of sp³-hybridized carbons (Fsp3) is 0.541. The summed E-state index contributed by atoms with van der Waals surface area (Å²) < 4.78 is 52.6. The average molecular weight is 813 g/mol. The number of rotatable bonds is 10. The maximum atomic E-state index is 13.5. The summed E-state index contributed by atoms with van der Waals surface area (Å²) in [6.45, 7) is 2.02. The molecule has 54 heavy (non-hydrogen) atoms. The molecule has 0 amide bonds. The molecule has 5 aliphatic rings. The van der Waals surface area contributed by atoms with Gasteiger partial charge in [0.25, 0.3) is 0 Å². The Hall–Kier alpha value is -3.09. The van der Waals surface area contributed by atoms with Gasteiger partial charge in [0.1, 0.15) is 24.4 Å². The summed E-state index contributed by atoms with van der Waals surface area (Å²) >= 11 is 12.4. The van der Waals surface area contributed by atoms with Crippen LogP contribution in [0.4, 0.5) is 0 Å². The number of phenolic OH excluding ortho intramolecular Hbond substituents is 1. The summed E-state index contributed by atoms with van der Waals surface area (Å²) in [4.78, 5) is 16.4. The fourth-order valence-electron chi connectivity index (χ4n) is 7.58. The quantitative estimate of drug-likeness (QED) is 0.198. The lowest BCUT2D eigenvalue weighted by molar-refractivity contribution is -0.368. The number of esters is 1. The summed E-state index contributed by atoms with van der Waals surface area (Å²) in [6, 6.07) is 10.7. The number of cyclic esters (lactones) is 1. The lowest BCUT2D eigenvalue weighted by Crippen LogP contribution is -2.62. The minimum atomic E-state index is -1.47. The number of ether oxygens (including phenoxy) is 9. The number of aliphatic hydroxyl groups excluding tert-OH is 2. The number of aromatic hydroxyl groups is 1. The highest BCUT2D eigenvalue weighted by atomic mass is 35.5. The second-order valence-corrected chi connectivity index (χ2v) is 15.2. The van der Waals surface area contributed by atoms with Gasteiger partial charge in [-0.15, -0.1) is 34.5 Å². The number of nitrogens with zero attached hydrogens (tertiary/aromatic N) is 1. The van der Waals surface area contributed by atoms with Gasteiger partial charge >= 0.3 is 5.97 Å². The Kier molecular flexibility index (Phi) is 12.3. The van der Waals surface area contributed by atoms with Crippen molar-refractivity contribution in [2.45, 2.75) is 49.0 Å². The van der Waals surface area contributed by atoms with Gasteiger partial charge in [-0.1, -0.05) is 6.07 Å². The molecule has 4 aliphatic heterocycles. The minimum Gasteiger partial charge on any atom is -0.502 e. The Bertz CT molecular complexity index is 1730. The molecule has 14 nitrogen and oxygen atoms in total. The Morgan fingerprint density at radius 3 is 2.24 bits per heavy atom. The summed E-state index contributed by atoms with van der Waals surface area (Å²) in [6.07, 6.45) is -7.16. The molecule has 1 aliphatic carbocycles. The Labute approximate surface area is 326 Å². The lowest BCUT2D eigenvalue weighted by atomic mass is 9.66. The molecule has 1 aromatic heterocycles. The van der Waals surface area contributed by atoms with Crippen LogP contribution in [0.5, 0.6) is 28.7 Å². The molecule has 3 aromatic rings. The van der Waals surface area contributed by atoms with E-state index in [9.17, 15) is 20.1 Å². The van der Waals surface area contributed by atoms with Gasteiger partial charge in [0.15, 0.2) is 35.6 Å². The van der Waals surface area contributed by atoms with Crippen molar-refractivity contribution in [2.24, 2.45) is 11.8 Å². The highest BCUT2D eigenvalue weighted by Gasteiger charge is 2.56. The van der Waals surface area contributed by atoms with Crippen molar-refractivity contribution in [2.75, 3.05) is 66.1 Å². The first-order valence-electron chi connectivity index (χ1n) is 17.5. The molecule has 3 saturated heterocycles. The number of benzene rings is 2. The zero-order valence-electron chi connectivity index (χ0n) is 29.8. The van der Waals surface area contributed by atoms with Gasteiger partial charge in [-0.3, -0.25) is 4.79 Å². The van der Waals surface area contributed by atoms with E-state index in [0.29, 0.717) is 39.9 Å². The molecule has 0 radical (unpaired) electrons. The van der Waals surface area contributed by atoms with Crippen LogP contribution in [-0.4, -0.2) is 123 Å². The van der Waals surface area contributed by atoms with Crippen molar-refractivity contribution < 1.29 is 62.7 Å². The first-order chi connectivity index (χ1) is 26.2. The molecule has 10 atom stereocenters. The first kappa shape index (κ1) is 39.2. The van der Waals surface area contributed by atoms with E-state index in [2.05, 4.69) is 4.90 Å². The van der Waals surface area contributed by atoms with E-state index in [1.54, 1.807) is 18.2 Å². The molecule has 17 heteroatoms. The summed E-state index contributed by atoms with van der Waals surface area (Å²) in [7, 11) is 4.87. The number of fused-ring (bicyclic) bond motifs is 4. The second kappa shape index (κ2) is 17.0. The van der Waals surface area contributed by atoms with E-state index >= 15 is 0 Å². The van der Waals surface area contributed by atoms with Crippen LogP contribution in [0.3, 0.4) is 0 Å². The molecule has 0 bridgehead atoms. The second-order valence-electron chi connectivity index (χ2n) is 13.4. The minimum absolute atomic E-state index is 0.0242. The molecule has 8 rings (SSSR count). The molecule has 3 N–H and O–H groups in total. The van der Waals surface area contributed by atoms with Crippen LogP contribution in [0.15, 0.2) is 41.8 Å². The third-order valence-corrected chi connectivity index (χ3v) is 11.5. The predicted molar refractivity (Wildman–Crippen MR) is 195 cm³/mol. The largest absolute Gasteiger partial charge is 0.502 e. The Balaban J connectivity index is 0.000000508. The molecule has 3 unspecified atom stereocenters. The monoisotopic (exact) mass is 811 g/mol. The number of carbonyl (C=O) groups is 1. The molecule has 0 saturated carbocycles. The third-order valence-electron chi connectivity index (χ3n) is 10.3. The number of hydrogen-bond acceptors (Lipinski definition) is 15. The predicted octanol–water partition coefficient (Wildman–Crippen LogP) is 4.15. The van der Waals surface area contributed by atoms with Gasteiger partial charge in [-0.05, 0) is 59.4 Å². The van der Waals surface area contributed by atoms with Crippen LogP contribution >= 0.6 is 34.5 Å².